The van der Waals surface area contributed by atoms with E-state index in [4.69, 9.17) is 0 Å². The van der Waals surface area contributed by atoms with Gasteiger partial charge in [0, 0.05) is 11.3 Å². The predicted octanol–water partition coefficient (Wildman–Crippen LogP) is 3.79. The van der Waals surface area contributed by atoms with E-state index in [0.717, 1.165) is 23.3 Å². The fourth-order valence-electron chi connectivity index (χ4n) is 1.71. The Labute approximate surface area is 98.0 Å². The van der Waals surface area contributed by atoms with Crippen LogP contribution in [0, 0.1) is 0 Å². The van der Waals surface area contributed by atoms with Crippen LogP contribution >= 0.6 is 11.8 Å². The van der Waals surface area contributed by atoms with E-state index in [9.17, 15) is 4.79 Å². The molecule has 0 saturated heterocycles. The minimum Gasteiger partial charge on any atom is -0.290 e. The van der Waals surface area contributed by atoms with Gasteiger partial charge in [0.2, 0.25) is 0 Å². The van der Waals surface area contributed by atoms with Gasteiger partial charge < -0.3 is 0 Å². The summed E-state index contributed by atoms with van der Waals surface area (Å²) in [5.41, 5.74) is 2.19. The molecule has 0 amide bonds. The van der Waals surface area contributed by atoms with Crippen molar-refractivity contribution in [3.63, 3.8) is 0 Å². The number of allylic oxidation sites excluding steroid dienone is 3. The number of carbonyl (C=O) groups is 1. The Morgan fingerprint density at radius 3 is 2.40 bits per heavy atom. The summed E-state index contributed by atoms with van der Waals surface area (Å²) in [6, 6.07) is 0. The van der Waals surface area contributed by atoms with Crippen molar-refractivity contribution in [1.82, 2.24) is 0 Å². The Kier molecular flexibility index (Phi) is 4.01. The van der Waals surface area contributed by atoms with Crippen LogP contribution in [0.4, 0.5) is 0 Å². The standard InChI is InChI=1S/C12H20OSSi/c1-9(2)8-11(13)10-6-7-14-12(10)15(3,4)5/h8H,6-7H2,1-5H3. The zero-order valence-electron chi connectivity index (χ0n) is 10.3. The second kappa shape index (κ2) is 4.70. The lowest BCUT2D eigenvalue weighted by Gasteiger charge is -2.18. The summed E-state index contributed by atoms with van der Waals surface area (Å²) in [4.78, 5) is 12.0. The quantitative estimate of drug-likeness (QED) is 0.551. The smallest absolute Gasteiger partial charge is 0.182 e. The summed E-state index contributed by atoms with van der Waals surface area (Å²) in [5.74, 6) is 1.34. The van der Waals surface area contributed by atoms with Crippen molar-refractivity contribution >= 4 is 25.6 Å². The molecule has 0 aromatic carbocycles. The highest BCUT2D eigenvalue weighted by Gasteiger charge is 2.29. The Morgan fingerprint density at radius 1 is 1.33 bits per heavy atom. The Morgan fingerprint density at radius 2 is 1.93 bits per heavy atom. The molecule has 0 saturated carbocycles. The molecule has 0 N–H and O–H groups in total. The molecule has 3 heteroatoms. The van der Waals surface area contributed by atoms with Crippen molar-refractivity contribution in [2.45, 2.75) is 39.9 Å². The second-order valence-electron chi connectivity index (χ2n) is 5.24. The maximum Gasteiger partial charge on any atom is 0.182 e. The molecular weight excluding hydrogens is 220 g/mol. The van der Waals surface area contributed by atoms with Gasteiger partial charge in [-0.2, -0.15) is 0 Å². The number of thioether (sulfide) groups is 1. The molecule has 0 radical (unpaired) electrons. The third kappa shape index (κ3) is 3.35. The van der Waals surface area contributed by atoms with Crippen LogP contribution in [0.25, 0.3) is 0 Å². The second-order valence-corrected chi connectivity index (χ2v) is 11.7. The van der Waals surface area contributed by atoms with Gasteiger partial charge in [0.25, 0.3) is 0 Å². The molecule has 1 nitrogen and oxygen atoms in total. The molecule has 0 spiro atoms. The van der Waals surface area contributed by atoms with Crippen LogP contribution < -0.4 is 0 Å². The maximum absolute atomic E-state index is 12.0. The number of ketones is 1. The van der Waals surface area contributed by atoms with E-state index in [1.54, 1.807) is 6.08 Å². The van der Waals surface area contributed by atoms with E-state index in [0.29, 0.717) is 0 Å². The lowest BCUT2D eigenvalue weighted by Crippen LogP contribution is -2.23. The van der Waals surface area contributed by atoms with E-state index >= 15 is 0 Å². The van der Waals surface area contributed by atoms with Gasteiger partial charge in [-0.1, -0.05) is 25.2 Å². The van der Waals surface area contributed by atoms with E-state index in [1.807, 2.05) is 25.6 Å². The molecule has 0 aliphatic carbocycles. The third-order valence-corrected chi connectivity index (χ3v) is 7.15. The lowest BCUT2D eigenvalue weighted by molar-refractivity contribution is -0.111. The van der Waals surface area contributed by atoms with E-state index in [1.165, 1.54) is 4.53 Å². The van der Waals surface area contributed by atoms with Crippen LogP contribution in [-0.4, -0.2) is 19.6 Å². The largest absolute Gasteiger partial charge is 0.290 e. The first-order valence-corrected chi connectivity index (χ1v) is 9.86. The molecule has 0 fully saturated rings. The first kappa shape index (κ1) is 12.8. The minimum absolute atomic E-state index is 0.248. The van der Waals surface area contributed by atoms with E-state index in [2.05, 4.69) is 19.6 Å². The Balaban J connectivity index is 3.02. The molecular formula is C12H20OSSi. The molecule has 84 valence electrons. The summed E-state index contributed by atoms with van der Waals surface area (Å²) in [7, 11) is -1.31. The lowest BCUT2D eigenvalue weighted by atomic mass is 10.1. The van der Waals surface area contributed by atoms with E-state index < -0.39 is 8.07 Å². The van der Waals surface area contributed by atoms with Crippen LogP contribution in [0.15, 0.2) is 21.8 Å². The zero-order valence-corrected chi connectivity index (χ0v) is 12.1. The van der Waals surface area contributed by atoms with Gasteiger partial charge in [-0.3, -0.25) is 4.79 Å². The SMILES string of the molecule is CC(C)=CC(=O)C1=C([Si](C)(C)C)SCC1. The predicted molar refractivity (Wildman–Crippen MR) is 71.9 cm³/mol. The summed E-state index contributed by atoms with van der Waals surface area (Å²) in [6.45, 7) is 10.9. The summed E-state index contributed by atoms with van der Waals surface area (Å²) in [6.07, 6.45) is 2.74. The molecule has 1 rings (SSSR count). The van der Waals surface area contributed by atoms with Crippen molar-refractivity contribution in [3.8, 4) is 0 Å². The topological polar surface area (TPSA) is 17.1 Å². The number of carbonyl (C=O) groups excluding carboxylic acids is 1. The van der Waals surface area contributed by atoms with Gasteiger partial charge >= 0.3 is 0 Å². The van der Waals surface area contributed by atoms with E-state index in [-0.39, 0.29) is 5.78 Å². The number of rotatable bonds is 3. The highest BCUT2D eigenvalue weighted by Crippen LogP contribution is 2.38. The highest BCUT2D eigenvalue weighted by atomic mass is 32.2. The molecule has 1 aliphatic heterocycles. The number of hydrogen-bond donors (Lipinski definition) is 0. The minimum atomic E-state index is -1.31. The van der Waals surface area contributed by atoms with Gasteiger partial charge in [-0.15, -0.1) is 11.8 Å². The highest BCUT2D eigenvalue weighted by molar-refractivity contribution is 8.05. The molecule has 0 aromatic heterocycles. The first-order valence-electron chi connectivity index (χ1n) is 5.38. The fraction of sp³-hybridized carbons (Fsp3) is 0.583. The normalized spacial score (nSPS) is 16.9. The van der Waals surface area contributed by atoms with Gasteiger partial charge in [0.1, 0.15) is 0 Å². The molecule has 0 unspecified atom stereocenters. The Hall–Kier alpha value is -0.283. The summed E-state index contributed by atoms with van der Waals surface area (Å²) in [5, 5.41) is 0. The van der Waals surface area contributed by atoms with Crippen LogP contribution in [0.3, 0.4) is 0 Å². The van der Waals surface area contributed by atoms with Crippen LogP contribution in [0.2, 0.25) is 19.6 Å². The average Bonchev–Trinajstić information content (AvgIpc) is 2.48. The first-order chi connectivity index (χ1) is 6.82. The van der Waals surface area contributed by atoms with Crippen molar-refractivity contribution in [1.29, 1.82) is 0 Å². The summed E-state index contributed by atoms with van der Waals surface area (Å²) < 4.78 is 1.42. The van der Waals surface area contributed by atoms with Crippen molar-refractivity contribution in [2.75, 3.05) is 5.75 Å². The van der Waals surface area contributed by atoms with Crippen LogP contribution in [0.1, 0.15) is 20.3 Å². The molecule has 0 atom stereocenters. The molecule has 1 aliphatic rings. The average molecular weight is 240 g/mol. The van der Waals surface area contributed by atoms with Crippen LogP contribution in [-0.2, 0) is 4.79 Å². The molecule has 0 aromatic rings. The monoisotopic (exact) mass is 240 g/mol. The Bertz CT molecular complexity index is 330. The molecule has 1 heterocycles. The van der Waals surface area contributed by atoms with Crippen molar-refractivity contribution in [2.24, 2.45) is 0 Å². The fourth-order valence-corrected chi connectivity index (χ4v) is 5.79. The van der Waals surface area contributed by atoms with Gasteiger partial charge in [-0.05, 0) is 30.9 Å². The molecule has 15 heavy (non-hydrogen) atoms. The van der Waals surface area contributed by atoms with Crippen molar-refractivity contribution in [3.05, 3.63) is 21.8 Å². The maximum atomic E-state index is 12.0. The van der Waals surface area contributed by atoms with Crippen molar-refractivity contribution < 1.29 is 4.79 Å². The van der Waals surface area contributed by atoms with Gasteiger partial charge in [-0.25, -0.2) is 0 Å². The summed E-state index contributed by atoms with van der Waals surface area (Å²) >= 11 is 1.90. The van der Waals surface area contributed by atoms with Gasteiger partial charge in [0.05, 0.1) is 8.07 Å². The third-order valence-electron chi connectivity index (χ3n) is 2.27. The van der Waals surface area contributed by atoms with Gasteiger partial charge in [0.15, 0.2) is 5.78 Å². The number of hydrogen-bond acceptors (Lipinski definition) is 2. The zero-order chi connectivity index (χ0) is 11.6. The molecule has 0 bridgehead atoms. The van der Waals surface area contributed by atoms with Crippen LogP contribution in [0.5, 0.6) is 0 Å².